The molecule has 3 rings (SSSR count). The highest BCUT2D eigenvalue weighted by atomic mass is 32.2. The molecule has 142 valence electrons. The van der Waals surface area contributed by atoms with Gasteiger partial charge < -0.3 is 10.6 Å². The van der Waals surface area contributed by atoms with E-state index in [0.29, 0.717) is 23.4 Å². The van der Waals surface area contributed by atoms with Crippen LogP contribution in [0.4, 0.5) is 5.69 Å². The lowest BCUT2D eigenvalue weighted by molar-refractivity contribution is 0.0957. The Bertz CT molecular complexity index is 940. The van der Waals surface area contributed by atoms with Gasteiger partial charge in [-0.1, -0.05) is 48.0 Å². The monoisotopic (exact) mass is 390 g/mol. The molecule has 2 N–H and O–H groups in total. The average Bonchev–Trinajstić information content (AvgIpc) is 2.73. The molecule has 0 radical (unpaired) electrons. The SMILES string of the molecule is Cc1ccc(SCCNC(=O)c2ccccc2NC(=O)c2ccccc2)cc1. The molecule has 0 bridgehead atoms. The van der Waals surface area contributed by atoms with Gasteiger partial charge in [0.1, 0.15) is 0 Å². The van der Waals surface area contributed by atoms with E-state index in [2.05, 4.69) is 41.8 Å². The molecule has 0 unspecified atom stereocenters. The lowest BCUT2D eigenvalue weighted by atomic mass is 10.1. The van der Waals surface area contributed by atoms with Gasteiger partial charge in [0.25, 0.3) is 11.8 Å². The Balaban J connectivity index is 1.56. The summed E-state index contributed by atoms with van der Waals surface area (Å²) in [6.07, 6.45) is 0. The third-order valence-corrected chi connectivity index (χ3v) is 5.15. The van der Waals surface area contributed by atoms with Crippen molar-refractivity contribution in [3.63, 3.8) is 0 Å². The zero-order valence-corrected chi connectivity index (χ0v) is 16.5. The summed E-state index contributed by atoms with van der Waals surface area (Å²) in [7, 11) is 0. The number of para-hydroxylation sites is 1. The van der Waals surface area contributed by atoms with Crippen LogP contribution in [0.15, 0.2) is 83.8 Å². The third-order valence-electron chi connectivity index (χ3n) is 4.13. The summed E-state index contributed by atoms with van der Waals surface area (Å²) in [6.45, 7) is 2.60. The maximum absolute atomic E-state index is 12.6. The van der Waals surface area contributed by atoms with Crippen molar-refractivity contribution < 1.29 is 9.59 Å². The number of carbonyl (C=O) groups excluding carboxylic acids is 2. The molecule has 3 aromatic carbocycles. The standard InChI is InChI=1S/C23H22N2O2S/c1-17-11-13-19(14-12-17)28-16-15-24-23(27)20-9-5-6-10-21(20)25-22(26)18-7-3-2-4-8-18/h2-14H,15-16H2,1H3,(H,24,27)(H,25,26). The molecular formula is C23H22N2O2S. The minimum Gasteiger partial charge on any atom is -0.351 e. The summed E-state index contributed by atoms with van der Waals surface area (Å²) in [5, 5.41) is 5.75. The van der Waals surface area contributed by atoms with Crippen LogP contribution < -0.4 is 10.6 Å². The van der Waals surface area contributed by atoms with E-state index in [-0.39, 0.29) is 11.8 Å². The first-order chi connectivity index (χ1) is 13.6. The molecule has 0 fully saturated rings. The van der Waals surface area contributed by atoms with Crippen LogP contribution in [-0.2, 0) is 0 Å². The van der Waals surface area contributed by atoms with Gasteiger partial charge in [-0.15, -0.1) is 11.8 Å². The Morgan fingerprint density at radius 3 is 2.25 bits per heavy atom. The van der Waals surface area contributed by atoms with E-state index in [1.807, 2.05) is 6.07 Å². The van der Waals surface area contributed by atoms with Crippen LogP contribution in [0.5, 0.6) is 0 Å². The van der Waals surface area contributed by atoms with Gasteiger partial charge in [-0.05, 0) is 43.3 Å². The largest absolute Gasteiger partial charge is 0.351 e. The van der Waals surface area contributed by atoms with Crippen molar-refractivity contribution in [2.75, 3.05) is 17.6 Å². The summed E-state index contributed by atoms with van der Waals surface area (Å²) in [5.74, 6) is 0.331. The van der Waals surface area contributed by atoms with E-state index in [9.17, 15) is 9.59 Å². The van der Waals surface area contributed by atoms with E-state index in [1.165, 1.54) is 10.5 Å². The highest BCUT2D eigenvalue weighted by molar-refractivity contribution is 7.99. The lowest BCUT2D eigenvalue weighted by Crippen LogP contribution is -2.27. The van der Waals surface area contributed by atoms with Crippen molar-refractivity contribution in [2.24, 2.45) is 0 Å². The first-order valence-electron chi connectivity index (χ1n) is 9.06. The number of anilines is 1. The second kappa shape index (κ2) is 9.76. The molecule has 0 saturated carbocycles. The van der Waals surface area contributed by atoms with Gasteiger partial charge in [0, 0.05) is 22.8 Å². The Morgan fingerprint density at radius 1 is 0.821 bits per heavy atom. The number of amides is 2. The van der Waals surface area contributed by atoms with Crippen LogP contribution in [0.1, 0.15) is 26.3 Å². The van der Waals surface area contributed by atoms with E-state index < -0.39 is 0 Å². The number of hydrogen-bond acceptors (Lipinski definition) is 3. The van der Waals surface area contributed by atoms with Crippen molar-refractivity contribution in [3.05, 3.63) is 95.6 Å². The second-order valence-corrected chi connectivity index (χ2v) is 7.45. The van der Waals surface area contributed by atoms with E-state index in [4.69, 9.17) is 0 Å². The molecular weight excluding hydrogens is 368 g/mol. The molecule has 0 saturated heterocycles. The molecule has 0 spiro atoms. The zero-order chi connectivity index (χ0) is 19.8. The minimum absolute atomic E-state index is 0.200. The van der Waals surface area contributed by atoms with Crippen LogP contribution in [0, 0.1) is 6.92 Å². The van der Waals surface area contributed by atoms with Crippen LogP contribution in [0.25, 0.3) is 0 Å². The summed E-state index contributed by atoms with van der Waals surface area (Å²) >= 11 is 1.69. The summed E-state index contributed by atoms with van der Waals surface area (Å²) < 4.78 is 0. The smallest absolute Gasteiger partial charge is 0.255 e. The van der Waals surface area contributed by atoms with Crippen molar-refractivity contribution in [2.45, 2.75) is 11.8 Å². The maximum atomic E-state index is 12.6. The maximum Gasteiger partial charge on any atom is 0.255 e. The molecule has 0 aliphatic rings. The molecule has 0 atom stereocenters. The predicted octanol–water partition coefficient (Wildman–Crippen LogP) is 4.77. The predicted molar refractivity (Wildman–Crippen MR) is 115 cm³/mol. The topological polar surface area (TPSA) is 58.2 Å². The number of nitrogens with one attached hydrogen (secondary N) is 2. The van der Waals surface area contributed by atoms with Gasteiger partial charge in [0.05, 0.1) is 11.3 Å². The quantitative estimate of drug-likeness (QED) is 0.451. The molecule has 0 aromatic heterocycles. The molecule has 0 heterocycles. The van der Waals surface area contributed by atoms with E-state index in [0.717, 1.165) is 5.75 Å². The highest BCUT2D eigenvalue weighted by Crippen LogP contribution is 2.18. The molecule has 5 heteroatoms. The third kappa shape index (κ3) is 5.47. The second-order valence-electron chi connectivity index (χ2n) is 6.28. The highest BCUT2D eigenvalue weighted by Gasteiger charge is 2.13. The molecule has 28 heavy (non-hydrogen) atoms. The van der Waals surface area contributed by atoms with Gasteiger partial charge in [-0.2, -0.15) is 0 Å². The van der Waals surface area contributed by atoms with Gasteiger partial charge >= 0.3 is 0 Å². The number of rotatable bonds is 7. The summed E-state index contributed by atoms with van der Waals surface area (Å²) in [4.78, 5) is 26.1. The normalized spacial score (nSPS) is 10.3. The average molecular weight is 391 g/mol. The Labute approximate surface area is 169 Å². The van der Waals surface area contributed by atoms with E-state index >= 15 is 0 Å². The first kappa shape index (κ1) is 19.7. The zero-order valence-electron chi connectivity index (χ0n) is 15.6. The number of hydrogen-bond donors (Lipinski definition) is 2. The van der Waals surface area contributed by atoms with Crippen molar-refractivity contribution in [3.8, 4) is 0 Å². The van der Waals surface area contributed by atoms with Gasteiger partial charge in [-0.3, -0.25) is 9.59 Å². The summed E-state index contributed by atoms with van der Waals surface area (Å²) in [5.41, 5.74) is 2.73. The fourth-order valence-electron chi connectivity index (χ4n) is 2.64. The fourth-order valence-corrected chi connectivity index (χ4v) is 3.41. The van der Waals surface area contributed by atoms with Crippen LogP contribution in [0.2, 0.25) is 0 Å². The number of carbonyl (C=O) groups is 2. The number of aryl methyl sites for hydroxylation is 1. The van der Waals surface area contributed by atoms with Crippen LogP contribution >= 0.6 is 11.8 Å². The number of benzene rings is 3. The van der Waals surface area contributed by atoms with Crippen LogP contribution in [-0.4, -0.2) is 24.1 Å². The van der Waals surface area contributed by atoms with Crippen molar-refractivity contribution >= 4 is 29.3 Å². The van der Waals surface area contributed by atoms with Gasteiger partial charge in [0.15, 0.2) is 0 Å². The minimum atomic E-state index is -0.240. The molecule has 2 amide bonds. The first-order valence-corrected chi connectivity index (χ1v) is 10.0. The molecule has 3 aromatic rings. The molecule has 4 nitrogen and oxygen atoms in total. The van der Waals surface area contributed by atoms with Crippen LogP contribution in [0.3, 0.4) is 0 Å². The Kier molecular flexibility index (Phi) is 6.87. The Hall–Kier alpha value is -3.05. The fraction of sp³-hybridized carbons (Fsp3) is 0.130. The number of thioether (sulfide) groups is 1. The van der Waals surface area contributed by atoms with Gasteiger partial charge in [-0.25, -0.2) is 0 Å². The van der Waals surface area contributed by atoms with E-state index in [1.54, 1.807) is 60.3 Å². The molecule has 0 aliphatic carbocycles. The Morgan fingerprint density at radius 2 is 1.50 bits per heavy atom. The lowest BCUT2D eigenvalue weighted by Gasteiger charge is -2.11. The van der Waals surface area contributed by atoms with Crippen molar-refractivity contribution in [1.82, 2.24) is 5.32 Å². The summed E-state index contributed by atoms with van der Waals surface area (Å²) in [6, 6.07) is 24.3. The van der Waals surface area contributed by atoms with Crippen molar-refractivity contribution in [1.29, 1.82) is 0 Å². The molecule has 0 aliphatic heterocycles. The van der Waals surface area contributed by atoms with Gasteiger partial charge in [0.2, 0.25) is 0 Å².